The summed E-state index contributed by atoms with van der Waals surface area (Å²) in [5, 5.41) is 7.36. The summed E-state index contributed by atoms with van der Waals surface area (Å²) in [6, 6.07) is 55.0. The number of aromatic nitrogens is 2. The molecule has 0 atom stereocenters. The van der Waals surface area contributed by atoms with Crippen LogP contribution in [-0.2, 0) is 0 Å². The molecule has 3 heteroatoms. The fourth-order valence-corrected chi connectivity index (χ4v) is 7.55. The molecule has 0 fully saturated rings. The summed E-state index contributed by atoms with van der Waals surface area (Å²) >= 11 is 1.80. The zero-order valence-corrected chi connectivity index (χ0v) is 24.1. The molecule has 0 aliphatic carbocycles. The molecule has 0 saturated heterocycles. The molecule has 0 bridgehead atoms. The van der Waals surface area contributed by atoms with Crippen molar-refractivity contribution in [3.05, 3.63) is 157 Å². The Hall–Kier alpha value is -5.38. The van der Waals surface area contributed by atoms with Gasteiger partial charge in [0, 0.05) is 32.9 Å². The van der Waals surface area contributed by atoms with Gasteiger partial charge in [0.25, 0.3) is 0 Å². The third-order valence-electron chi connectivity index (χ3n) is 8.65. The van der Waals surface area contributed by atoms with Crippen molar-refractivity contribution >= 4 is 54.3 Å². The van der Waals surface area contributed by atoms with E-state index in [0.717, 1.165) is 0 Å². The van der Waals surface area contributed by atoms with Crippen LogP contribution in [0.5, 0.6) is 0 Å². The maximum absolute atomic E-state index is 2.38. The highest BCUT2D eigenvalue weighted by Crippen LogP contribution is 2.37. The van der Waals surface area contributed by atoms with Crippen molar-refractivity contribution in [1.29, 1.82) is 0 Å². The molecule has 9 aromatic rings. The van der Waals surface area contributed by atoms with E-state index < -0.39 is 0 Å². The molecule has 6 aromatic carbocycles. The number of nitrogens with zero attached hydrogens (tertiary/aromatic N) is 2. The first-order chi connectivity index (χ1) is 21.3. The average molecular weight is 567 g/mol. The van der Waals surface area contributed by atoms with Gasteiger partial charge in [-0.05, 0) is 82.2 Å². The Labute approximate surface area is 253 Å². The lowest BCUT2D eigenvalue weighted by atomic mass is 9.99. The van der Waals surface area contributed by atoms with Crippen LogP contribution in [-0.4, -0.2) is 9.13 Å². The molecule has 2 nitrogen and oxygen atoms in total. The van der Waals surface area contributed by atoms with Crippen molar-refractivity contribution in [2.75, 3.05) is 0 Å². The average Bonchev–Trinajstić information content (AvgIpc) is 3.77. The molecule has 0 spiro atoms. The van der Waals surface area contributed by atoms with Crippen LogP contribution >= 0.6 is 11.3 Å². The number of rotatable bonds is 4. The third-order valence-corrected chi connectivity index (χ3v) is 9.54. The number of fused-ring (bicyclic) bond motifs is 6. The van der Waals surface area contributed by atoms with Crippen LogP contribution in [0, 0.1) is 0 Å². The summed E-state index contributed by atoms with van der Waals surface area (Å²) < 4.78 is 4.74. The highest BCUT2D eigenvalue weighted by atomic mass is 32.1. The zero-order valence-electron chi connectivity index (χ0n) is 23.3. The molecule has 0 saturated carbocycles. The van der Waals surface area contributed by atoms with Gasteiger partial charge in [0.05, 0.1) is 16.6 Å². The van der Waals surface area contributed by atoms with Crippen molar-refractivity contribution in [2.45, 2.75) is 0 Å². The van der Waals surface area contributed by atoms with Crippen molar-refractivity contribution in [1.82, 2.24) is 9.13 Å². The molecule has 0 unspecified atom stereocenters. The molecule has 202 valence electrons. The van der Waals surface area contributed by atoms with E-state index in [1.165, 1.54) is 76.6 Å². The van der Waals surface area contributed by atoms with Gasteiger partial charge in [-0.25, -0.2) is 0 Å². The topological polar surface area (TPSA) is 9.86 Å². The van der Waals surface area contributed by atoms with Crippen LogP contribution < -0.4 is 0 Å². The quantitative estimate of drug-likeness (QED) is 0.200. The molecule has 3 heterocycles. The van der Waals surface area contributed by atoms with E-state index in [9.17, 15) is 0 Å². The van der Waals surface area contributed by atoms with Gasteiger partial charge in [0.2, 0.25) is 0 Å². The number of thiophene rings is 1. The van der Waals surface area contributed by atoms with Crippen molar-refractivity contribution in [3.63, 3.8) is 0 Å². The first-order valence-corrected chi connectivity index (χ1v) is 15.5. The SMILES string of the molecule is c1ccc(-n2c3ccccc3c3cc(-c4ccc(-c5ccc(-n6c7ccccc7c7ccsc76)cc5)cc4)ccc32)cc1. The molecule has 0 radical (unpaired) electrons. The monoisotopic (exact) mass is 566 g/mol. The van der Waals surface area contributed by atoms with Crippen LogP contribution in [0.25, 0.3) is 76.6 Å². The maximum atomic E-state index is 2.38. The second-order valence-electron chi connectivity index (χ2n) is 11.0. The van der Waals surface area contributed by atoms with Gasteiger partial charge in [-0.1, -0.05) is 97.1 Å². The van der Waals surface area contributed by atoms with E-state index in [1.54, 1.807) is 11.3 Å². The van der Waals surface area contributed by atoms with Gasteiger partial charge in [-0.2, -0.15) is 0 Å². The minimum Gasteiger partial charge on any atom is -0.309 e. The first-order valence-electron chi connectivity index (χ1n) is 14.6. The Bertz CT molecular complexity index is 2420. The Morgan fingerprint density at radius 1 is 0.349 bits per heavy atom. The van der Waals surface area contributed by atoms with Crippen LogP contribution in [0.1, 0.15) is 0 Å². The van der Waals surface area contributed by atoms with Gasteiger partial charge in [-0.15, -0.1) is 11.3 Å². The number of para-hydroxylation sites is 3. The van der Waals surface area contributed by atoms with Gasteiger partial charge in [0.15, 0.2) is 0 Å². The second-order valence-corrected chi connectivity index (χ2v) is 11.9. The van der Waals surface area contributed by atoms with Gasteiger partial charge in [0.1, 0.15) is 4.83 Å². The van der Waals surface area contributed by atoms with E-state index in [0.29, 0.717) is 0 Å². The first kappa shape index (κ1) is 24.2. The Kier molecular flexibility index (Phi) is 5.40. The summed E-state index contributed by atoms with van der Waals surface area (Å²) in [6.45, 7) is 0. The molecule has 9 rings (SSSR count). The van der Waals surface area contributed by atoms with E-state index in [2.05, 4.69) is 166 Å². The molecular weight excluding hydrogens is 541 g/mol. The number of benzene rings is 6. The lowest BCUT2D eigenvalue weighted by molar-refractivity contribution is 1.18. The Balaban J connectivity index is 1.07. The molecule has 0 aliphatic rings. The Morgan fingerprint density at radius 3 is 1.58 bits per heavy atom. The van der Waals surface area contributed by atoms with Crippen molar-refractivity contribution < 1.29 is 0 Å². The second kappa shape index (κ2) is 9.59. The van der Waals surface area contributed by atoms with Gasteiger partial charge >= 0.3 is 0 Å². The summed E-state index contributed by atoms with van der Waals surface area (Å²) in [7, 11) is 0. The van der Waals surface area contributed by atoms with Crippen LogP contribution in [0.2, 0.25) is 0 Å². The molecular formula is C40H26N2S. The van der Waals surface area contributed by atoms with Crippen LogP contribution in [0.3, 0.4) is 0 Å². The normalized spacial score (nSPS) is 11.7. The van der Waals surface area contributed by atoms with Crippen molar-refractivity contribution in [3.8, 4) is 33.6 Å². The fraction of sp³-hybridized carbons (Fsp3) is 0. The van der Waals surface area contributed by atoms with Gasteiger partial charge in [-0.3, -0.25) is 0 Å². The summed E-state index contributed by atoms with van der Waals surface area (Å²) in [6.07, 6.45) is 0. The predicted molar refractivity (Wildman–Crippen MR) is 184 cm³/mol. The summed E-state index contributed by atoms with van der Waals surface area (Å²) in [4.78, 5) is 1.29. The lowest BCUT2D eigenvalue weighted by Gasteiger charge is -2.10. The highest BCUT2D eigenvalue weighted by Gasteiger charge is 2.14. The fourth-order valence-electron chi connectivity index (χ4n) is 6.61. The molecule has 3 aromatic heterocycles. The zero-order chi connectivity index (χ0) is 28.3. The molecule has 43 heavy (non-hydrogen) atoms. The predicted octanol–water partition coefficient (Wildman–Crippen LogP) is 11.3. The van der Waals surface area contributed by atoms with Crippen LogP contribution in [0.4, 0.5) is 0 Å². The van der Waals surface area contributed by atoms with E-state index in [-0.39, 0.29) is 0 Å². The molecule has 0 amide bonds. The number of hydrogen-bond acceptors (Lipinski definition) is 1. The Morgan fingerprint density at radius 2 is 0.860 bits per heavy atom. The third kappa shape index (κ3) is 3.79. The minimum absolute atomic E-state index is 1.18. The van der Waals surface area contributed by atoms with E-state index >= 15 is 0 Å². The number of hydrogen-bond donors (Lipinski definition) is 0. The van der Waals surface area contributed by atoms with E-state index in [4.69, 9.17) is 0 Å². The van der Waals surface area contributed by atoms with Crippen LogP contribution in [0.15, 0.2) is 157 Å². The minimum atomic E-state index is 1.18. The molecule has 0 aliphatic heterocycles. The van der Waals surface area contributed by atoms with Crippen molar-refractivity contribution in [2.24, 2.45) is 0 Å². The lowest BCUT2D eigenvalue weighted by Crippen LogP contribution is -1.92. The van der Waals surface area contributed by atoms with E-state index in [1.807, 2.05) is 0 Å². The highest BCUT2D eigenvalue weighted by molar-refractivity contribution is 7.17. The van der Waals surface area contributed by atoms with Gasteiger partial charge < -0.3 is 9.13 Å². The largest absolute Gasteiger partial charge is 0.309 e. The summed E-state index contributed by atoms with van der Waals surface area (Å²) in [5.74, 6) is 0. The smallest absolute Gasteiger partial charge is 0.108 e. The maximum Gasteiger partial charge on any atom is 0.108 e. The summed E-state index contributed by atoms with van der Waals surface area (Å²) in [5.41, 5.74) is 11.0. The standard InChI is InChI=1S/C40H26N2S/c1-2-8-31(9-3-1)41-37-12-6-5-11-34(37)36-26-30(20-23-39(36)41)29-16-14-27(15-17-29)28-18-21-32(22-19-28)42-38-13-7-4-10-33(38)35-24-25-43-40(35)42/h1-26H. The molecule has 0 N–H and O–H groups in total.